The van der Waals surface area contributed by atoms with Crippen molar-refractivity contribution >= 4 is 11.6 Å². The quantitative estimate of drug-likeness (QED) is 0.896. The van der Waals surface area contributed by atoms with Crippen molar-refractivity contribution in [2.75, 3.05) is 37.5 Å². The minimum atomic E-state index is -0.0755. The van der Waals surface area contributed by atoms with E-state index in [-0.39, 0.29) is 5.60 Å². The van der Waals surface area contributed by atoms with Crippen molar-refractivity contribution in [3.05, 3.63) is 11.9 Å². The second kappa shape index (κ2) is 6.39. The van der Waals surface area contributed by atoms with Crippen LogP contribution in [0.1, 0.15) is 38.9 Å². The number of piperidine rings is 1. The Morgan fingerprint density at radius 2 is 2.25 bits per heavy atom. The Labute approximate surface area is 121 Å². The number of hydrogen-bond acceptors (Lipinski definition) is 5. The lowest BCUT2D eigenvalue weighted by Crippen LogP contribution is -2.47. The van der Waals surface area contributed by atoms with Crippen molar-refractivity contribution in [2.45, 2.75) is 45.1 Å². The molecule has 0 bridgehead atoms. The van der Waals surface area contributed by atoms with E-state index in [1.807, 2.05) is 13.1 Å². The van der Waals surface area contributed by atoms with Crippen LogP contribution in [-0.4, -0.2) is 42.8 Å². The largest absolute Gasteiger partial charge is 0.377 e. The Bertz CT molecular complexity index is 451. The van der Waals surface area contributed by atoms with Crippen molar-refractivity contribution in [3.63, 3.8) is 0 Å². The van der Waals surface area contributed by atoms with Gasteiger partial charge in [0.15, 0.2) is 0 Å². The molecule has 0 amide bonds. The predicted octanol–water partition coefficient (Wildman–Crippen LogP) is 2.48. The Morgan fingerprint density at radius 1 is 1.45 bits per heavy atom. The van der Waals surface area contributed by atoms with Crippen LogP contribution in [0, 0.1) is 0 Å². The molecule has 2 heterocycles. The van der Waals surface area contributed by atoms with E-state index in [4.69, 9.17) is 9.72 Å². The molecule has 0 aromatic carbocycles. The Balaban J connectivity index is 2.24. The van der Waals surface area contributed by atoms with E-state index in [0.29, 0.717) is 0 Å². The normalized spacial score (nSPS) is 22.9. The third-order valence-electron chi connectivity index (χ3n) is 3.96. The summed E-state index contributed by atoms with van der Waals surface area (Å²) in [6, 6.07) is 2.03. The van der Waals surface area contributed by atoms with Gasteiger partial charge in [-0.1, -0.05) is 6.92 Å². The maximum Gasteiger partial charge on any atom is 0.134 e. The predicted molar refractivity (Wildman–Crippen MR) is 82.4 cm³/mol. The van der Waals surface area contributed by atoms with Crippen LogP contribution in [0.4, 0.5) is 11.6 Å². The van der Waals surface area contributed by atoms with Crippen molar-refractivity contribution in [1.82, 2.24) is 9.97 Å². The number of anilines is 2. The van der Waals surface area contributed by atoms with Crippen LogP contribution in [0.3, 0.4) is 0 Å². The molecule has 5 heteroatoms. The molecule has 1 aliphatic rings. The first kappa shape index (κ1) is 15.0. The highest BCUT2D eigenvalue weighted by Crippen LogP contribution is 2.28. The molecule has 1 atom stereocenters. The monoisotopic (exact) mass is 278 g/mol. The molecule has 1 aliphatic heterocycles. The van der Waals surface area contributed by atoms with E-state index in [9.17, 15) is 0 Å². The van der Waals surface area contributed by atoms with E-state index in [1.54, 1.807) is 7.11 Å². The van der Waals surface area contributed by atoms with E-state index in [1.165, 1.54) is 0 Å². The summed E-state index contributed by atoms with van der Waals surface area (Å²) in [5, 5.41) is 3.13. The molecular weight excluding hydrogens is 252 g/mol. The fourth-order valence-electron chi connectivity index (χ4n) is 2.68. The number of ether oxygens (including phenoxy) is 1. The van der Waals surface area contributed by atoms with Gasteiger partial charge in [0.25, 0.3) is 0 Å². The second-order valence-electron chi connectivity index (χ2n) is 5.71. The van der Waals surface area contributed by atoms with Gasteiger partial charge in [-0.25, -0.2) is 9.97 Å². The highest BCUT2D eigenvalue weighted by molar-refractivity contribution is 5.49. The molecule has 0 spiro atoms. The second-order valence-corrected chi connectivity index (χ2v) is 5.71. The first-order chi connectivity index (χ1) is 9.60. The van der Waals surface area contributed by atoms with Crippen molar-refractivity contribution in [2.24, 2.45) is 0 Å². The minimum Gasteiger partial charge on any atom is -0.377 e. The van der Waals surface area contributed by atoms with Crippen LogP contribution in [0.25, 0.3) is 0 Å². The number of aryl methyl sites for hydroxylation is 1. The van der Waals surface area contributed by atoms with Gasteiger partial charge < -0.3 is 15.0 Å². The summed E-state index contributed by atoms with van der Waals surface area (Å²) in [7, 11) is 3.70. The first-order valence-electron chi connectivity index (χ1n) is 7.46. The molecule has 1 fully saturated rings. The van der Waals surface area contributed by atoms with Gasteiger partial charge in [0.2, 0.25) is 0 Å². The molecule has 1 aromatic rings. The molecule has 20 heavy (non-hydrogen) atoms. The fourth-order valence-corrected chi connectivity index (χ4v) is 2.68. The number of nitrogens with zero attached hydrogens (tertiary/aromatic N) is 3. The molecule has 0 saturated carbocycles. The van der Waals surface area contributed by atoms with Crippen LogP contribution in [0.15, 0.2) is 6.07 Å². The van der Waals surface area contributed by atoms with Gasteiger partial charge >= 0.3 is 0 Å². The summed E-state index contributed by atoms with van der Waals surface area (Å²) in [5.41, 5.74) is -0.0755. The maximum atomic E-state index is 5.66. The number of nitrogens with one attached hydrogen (secondary N) is 1. The number of hydrogen-bond donors (Lipinski definition) is 1. The summed E-state index contributed by atoms with van der Waals surface area (Å²) in [6.45, 7) is 6.24. The third-order valence-corrected chi connectivity index (χ3v) is 3.96. The summed E-state index contributed by atoms with van der Waals surface area (Å²) in [5.74, 6) is 2.82. The molecule has 2 rings (SSSR count). The number of aromatic nitrogens is 2. The SMILES string of the molecule is CCCc1nc(NC)cc(N2CCCC(C)(OC)C2)n1. The zero-order valence-corrected chi connectivity index (χ0v) is 13.1. The van der Waals surface area contributed by atoms with Crippen LogP contribution in [0.5, 0.6) is 0 Å². The highest BCUT2D eigenvalue weighted by Gasteiger charge is 2.31. The van der Waals surface area contributed by atoms with Crippen molar-refractivity contribution in [3.8, 4) is 0 Å². The van der Waals surface area contributed by atoms with E-state index in [2.05, 4.69) is 29.0 Å². The Hall–Kier alpha value is -1.36. The lowest BCUT2D eigenvalue weighted by atomic mass is 9.95. The summed E-state index contributed by atoms with van der Waals surface area (Å²) >= 11 is 0. The molecular formula is C15H26N4O. The zero-order chi connectivity index (χ0) is 14.6. The lowest BCUT2D eigenvalue weighted by molar-refractivity contribution is -0.00482. The Morgan fingerprint density at radius 3 is 2.90 bits per heavy atom. The van der Waals surface area contributed by atoms with Crippen LogP contribution >= 0.6 is 0 Å². The lowest BCUT2D eigenvalue weighted by Gasteiger charge is -2.40. The topological polar surface area (TPSA) is 50.3 Å². The standard InChI is InChI=1S/C15H26N4O/c1-5-7-12-17-13(16-3)10-14(18-12)19-9-6-8-15(2,11-19)20-4/h10H,5-9,11H2,1-4H3,(H,16,17,18). The summed E-state index contributed by atoms with van der Waals surface area (Å²) in [4.78, 5) is 11.5. The van der Waals surface area contributed by atoms with E-state index >= 15 is 0 Å². The number of methoxy groups -OCH3 is 1. The van der Waals surface area contributed by atoms with Crippen LogP contribution in [-0.2, 0) is 11.2 Å². The highest BCUT2D eigenvalue weighted by atomic mass is 16.5. The maximum absolute atomic E-state index is 5.66. The Kier molecular flexibility index (Phi) is 4.81. The van der Waals surface area contributed by atoms with Gasteiger partial charge in [0.05, 0.1) is 5.60 Å². The molecule has 112 valence electrons. The molecule has 1 unspecified atom stereocenters. The summed E-state index contributed by atoms with van der Waals surface area (Å²) in [6.07, 6.45) is 4.21. The first-order valence-corrected chi connectivity index (χ1v) is 7.46. The minimum absolute atomic E-state index is 0.0755. The molecule has 0 aliphatic carbocycles. The summed E-state index contributed by atoms with van der Waals surface area (Å²) < 4.78 is 5.66. The van der Waals surface area contributed by atoms with Crippen molar-refractivity contribution < 1.29 is 4.74 Å². The number of rotatable bonds is 5. The van der Waals surface area contributed by atoms with Gasteiger partial charge in [-0.15, -0.1) is 0 Å². The van der Waals surface area contributed by atoms with Gasteiger partial charge in [0, 0.05) is 39.7 Å². The van der Waals surface area contributed by atoms with E-state index in [0.717, 1.165) is 56.2 Å². The molecule has 1 aromatic heterocycles. The smallest absolute Gasteiger partial charge is 0.134 e. The van der Waals surface area contributed by atoms with Gasteiger partial charge in [-0.2, -0.15) is 0 Å². The van der Waals surface area contributed by atoms with Crippen LogP contribution < -0.4 is 10.2 Å². The van der Waals surface area contributed by atoms with Gasteiger partial charge in [-0.3, -0.25) is 0 Å². The van der Waals surface area contributed by atoms with Crippen LogP contribution in [0.2, 0.25) is 0 Å². The zero-order valence-electron chi connectivity index (χ0n) is 13.1. The molecule has 0 radical (unpaired) electrons. The third kappa shape index (κ3) is 3.39. The van der Waals surface area contributed by atoms with Crippen molar-refractivity contribution in [1.29, 1.82) is 0 Å². The molecule has 1 N–H and O–H groups in total. The van der Waals surface area contributed by atoms with Gasteiger partial charge in [-0.05, 0) is 26.2 Å². The molecule has 5 nitrogen and oxygen atoms in total. The van der Waals surface area contributed by atoms with Gasteiger partial charge in [0.1, 0.15) is 17.5 Å². The average molecular weight is 278 g/mol. The van der Waals surface area contributed by atoms with E-state index < -0.39 is 0 Å². The average Bonchev–Trinajstić information content (AvgIpc) is 2.47. The molecule has 1 saturated heterocycles. The fraction of sp³-hybridized carbons (Fsp3) is 0.733.